The molecule has 1 saturated heterocycles. The predicted octanol–water partition coefficient (Wildman–Crippen LogP) is 5.08. The molecule has 1 aliphatic heterocycles. The van der Waals surface area contributed by atoms with Crippen molar-refractivity contribution in [1.29, 1.82) is 0 Å². The van der Waals surface area contributed by atoms with E-state index in [1.807, 2.05) is 12.2 Å². The highest BCUT2D eigenvalue weighted by Gasteiger charge is 2.37. The molecule has 2 aliphatic rings. The normalized spacial score (nSPS) is 21.0. The van der Waals surface area contributed by atoms with Crippen molar-refractivity contribution in [3.8, 4) is 11.5 Å². The Labute approximate surface area is 306 Å². The molecule has 53 heavy (non-hydrogen) atoms. The molecule has 0 spiro atoms. The Kier molecular flexibility index (Phi) is 19.6. The summed E-state index contributed by atoms with van der Waals surface area (Å²) in [5, 5.41) is 13.7. The van der Waals surface area contributed by atoms with Gasteiger partial charge in [0, 0.05) is 76.4 Å². The van der Waals surface area contributed by atoms with E-state index in [4.69, 9.17) is 33.2 Å². The lowest BCUT2D eigenvalue weighted by Gasteiger charge is -2.33. The summed E-state index contributed by atoms with van der Waals surface area (Å²) in [6, 6.07) is 9.91. The third-order valence-corrected chi connectivity index (χ3v) is 7.56. The van der Waals surface area contributed by atoms with Crippen molar-refractivity contribution in [3.05, 3.63) is 70.3 Å². The standard InChI is InChI=1S/C24H26N2O11.C10H14O3.C2H6O/c1-14(27)34-19-11-21(23(28)32-3)37-22(12-19)35-18-7-4-15(20(10-18)25-2)13-33-24(29)36-17-8-5-16(6-9-17)26(30)31;11-7-9-3-1-2-4-10(6-5-9)13-8-12;1-3-2/h4-10,19,21-22,25H,11-13H2,1-3H3;2,4,7-10H,1,3,5-6H2;1-2H3/b;4-2+;. The zero-order chi connectivity index (χ0) is 39.2. The van der Waals surface area contributed by atoms with E-state index >= 15 is 0 Å². The third kappa shape index (κ3) is 16.1. The Morgan fingerprint density at radius 2 is 1.70 bits per heavy atom. The first kappa shape index (κ1) is 43.6. The van der Waals surface area contributed by atoms with Gasteiger partial charge in [0.15, 0.2) is 6.10 Å². The summed E-state index contributed by atoms with van der Waals surface area (Å²) < 4.78 is 40.8. The van der Waals surface area contributed by atoms with Gasteiger partial charge in [-0.3, -0.25) is 19.7 Å². The minimum Gasteiger partial charge on any atom is -0.467 e. The Balaban J connectivity index is 0.000000504. The molecular formula is C36H46N2O15. The topological polar surface area (TPSA) is 214 Å². The molecule has 0 bridgehead atoms. The maximum atomic E-state index is 12.0. The van der Waals surface area contributed by atoms with Gasteiger partial charge in [-0.2, -0.15) is 0 Å². The van der Waals surface area contributed by atoms with Crippen molar-refractivity contribution in [2.75, 3.05) is 33.7 Å². The third-order valence-electron chi connectivity index (χ3n) is 7.56. The van der Waals surface area contributed by atoms with E-state index in [-0.39, 0.29) is 42.9 Å². The van der Waals surface area contributed by atoms with Crippen molar-refractivity contribution >= 4 is 42.2 Å². The van der Waals surface area contributed by atoms with Crippen molar-refractivity contribution < 1.29 is 66.8 Å². The smallest absolute Gasteiger partial charge is 0.467 e. The van der Waals surface area contributed by atoms with E-state index in [2.05, 4.69) is 10.1 Å². The molecule has 1 heterocycles. The van der Waals surface area contributed by atoms with Crippen LogP contribution in [0.3, 0.4) is 0 Å². The van der Waals surface area contributed by atoms with Gasteiger partial charge >= 0.3 is 18.1 Å². The number of nitro benzene ring substituents is 1. The largest absolute Gasteiger partial charge is 0.514 e. The van der Waals surface area contributed by atoms with E-state index in [0.717, 1.165) is 32.0 Å². The molecule has 1 N–H and O–H groups in total. The number of carbonyl (C=O) groups is 5. The van der Waals surface area contributed by atoms with Crippen LogP contribution in [0.2, 0.25) is 0 Å². The van der Waals surface area contributed by atoms with Crippen molar-refractivity contribution in [2.45, 2.75) is 76.7 Å². The Morgan fingerprint density at radius 3 is 2.30 bits per heavy atom. The molecule has 2 aromatic rings. The summed E-state index contributed by atoms with van der Waals surface area (Å²) in [4.78, 5) is 66.2. The van der Waals surface area contributed by atoms with Gasteiger partial charge in [0.1, 0.15) is 36.6 Å². The Bertz CT molecular complexity index is 1510. The number of ether oxygens (including phenoxy) is 8. The van der Waals surface area contributed by atoms with Crippen LogP contribution in [0.5, 0.6) is 11.5 Å². The number of methoxy groups -OCH3 is 2. The summed E-state index contributed by atoms with van der Waals surface area (Å²) >= 11 is 0. The number of non-ortho nitro benzene ring substituents is 1. The number of anilines is 1. The molecule has 0 aromatic heterocycles. The second-order valence-electron chi connectivity index (χ2n) is 11.5. The summed E-state index contributed by atoms with van der Waals surface area (Å²) in [5.41, 5.74) is 1.05. The Morgan fingerprint density at radius 1 is 1.00 bits per heavy atom. The fourth-order valence-corrected chi connectivity index (χ4v) is 5.07. The number of allylic oxidation sites excluding steroid dienone is 1. The zero-order valence-electron chi connectivity index (χ0n) is 30.3. The second-order valence-corrected chi connectivity index (χ2v) is 11.5. The maximum Gasteiger partial charge on any atom is 0.514 e. The van der Waals surface area contributed by atoms with E-state index in [1.165, 1.54) is 38.3 Å². The maximum absolute atomic E-state index is 12.0. The van der Waals surface area contributed by atoms with Crippen LogP contribution in [0.25, 0.3) is 0 Å². The molecule has 4 rings (SSSR count). The molecule has 17 heteroatoms. The van der Waals surface area contributed by atoms with Gasteiger partial charge in [-0.15, -0.1) is 0 Å². The van der Waals surface area contributed by atoms with Crippen LogP contribution in [0, 0.1) is 16.0 Å². The summed E-state index contributed by atoms with van der Waals surface area (Å²) in [5.74, 6) is -0.475. The second kappa shape index (κ2) is 23.8. The highest BCUT2D eigenvalue weighted by atomic mass is 16.7. The molecule has 290 valence electrons. The lowest BCUT2D eigenvalue weighted by Crippen LogP contribution is -2.44. The van der Waals surface area contributed by atoms with Gasteiger partial charge in [-0.1, -0.05) is 6.08 Å². The first-order valence-corrected chi connectivity index (χ1v) is 16.5. The number of esters is 2. The van der Waals surface area contributed by atoms with Crippen LogP contribution in [-0.2, 0) is 54.2 Å². The SMILES string of the molecule is CNc1cc(OC2CC(OC(C)=O)CC(C(=O)OC)O2)ccc1COC(=O)Oc1ccc([N+](=O)[O-])cc1.COC.O=COC1/C=C/CCC(C=O)CC1. The summed E-state index contributed by atoms with van der Waals surface area (Å²) in [7, 11) is 6.15. The monoisotopic (exact) mass is 746 g/mol. The minimum atomic E-state index is -0.989. The number of nitrogens with one attached hydrogen (secondary N) is 1. The lowest BCUT2D eigenvalue weighted by molar-refractivity contribution is -0.384. The number of aldehydes is 1. The summed E-state index contributed by atoms with van der Waals surface area (Å²) in [6.07, 6.45) is 5.05. The van der Waals surface area contributed by atoms with Crippen LogP contribution >= 0.6 is 0 Å². The number of carbonyl (C=O) groups excluding carboxylic acids is 5. The van der Waals surface area contributed by atoms with E-state index in [9.17, 15) is 34.1 Å². The van der Waals surface area contributed by atoms with Crippen LogP contribution in [0.15, 0.2) is 54.6 Å². The molecule has 0 amide bonds. The molecule has 1 aliphatic carbocycles. The van der Waals surface area contributed by atoms with Gasteiger partial charge in [0.25, 0.3) is 12.2 Å². The van der Waals surface area contributed by atoms with Crippen LogP contribution in [0.1, 0.15) is 51.0 Å². The van der Waals surface area contributed by atoms with Gasteiger partial charge in [-0.05, 0) is 56.0 Å². The molecule has 5 atom stereocenters. The molecule has 5 unspecified atom stereocenters. The zero-order valence-corrected chi connectivity index (χ0v) is 30.3. The van der Waals surface area contributed by atoms with Crippen molar-refractivity contribution in [2.24, 2.45) is 5.92 Å². The Hall–Kier alpha value is -5.55. The van der Waals surface area contributed by atoms with Crippen LogP contribution < -0.4 is 14.8 Å². The number of hydrogen-bond acceptors (Lipinski definition) is 16. The average Bonchev–Trinajstić information content (AvgIpc) is 3.12. The molecule has 2 aromatic carbocycles. The molecule has 17 nitrogen and oxygen atoms in total. The number of rotatable bonds is 12. The minimum absolute atomic E-state index is 0.0954. The fraction of sp³-hybridized carbons (Fsp3) is 0.472. The quantitative estimate of drug-likeness (QED) is 0.0570. The molecular weight excluding hydrogens is 700 g/mol. The number of benzene rings is 2. The van der Waals surface area contributed by atoms with E-state index < -0.39 is 41.5 Å². The van der Waals surface area contributed by atoms with E-state index in [1.54, 1.807) is 39.5 Å². The fourth-order valence-electron chi connectivity index (χ4n) is 5.07. The molecule has 1 fully saturated rings. The van der Waals surface area contributed by atoms with E-state index in [0.29, 0.717) is 23.5 Å². The van der Waals surface area contributed by atoms with Gasteiger partial charge in [0.05, 0.1) is 12.0 Å². The first-order valence-electron chi connectivity index (χ1n) is 16.5. The number of nitro groups is 1. The lowest BCUT2D eigenvalue weighted by atomic mass is 9.94. The molecule has 0 radical (unpaired) electrons. The van der Waals surface area contributed by atoms with Gasteiger partial charge < -0.3 is 48.0 Å². The molecule has 0 saturated carbocycles. The highest BCUT2D eigenvalue weighted by molar-refractivity contribution is 5.75. The van der Waals surface area contributed by atoms with Crippen LogP contribution in [-0.4, -0.2) is 88.8 Å². The summed E-state index contributed by atoms with van der Waals surface area (Å²) in [6.45, 7) is 1.61. The predicted molar refractivity (Wildman–Crippen MR) is 187 cm³/mol. The average molecular weight is 747 g/mol. The number of hydrogen-bond donors (Lipinski definition) is 1. The van der Waals surface area contributed by atoms with Gasteiger partial charge in [0.2, 0.25) is 6.29 Å². The van der Waals surface area contributed by atoms with Gasteiger partial charge in [-0.25, -0.2) is 9.59 Å². The van der Waals surface area contributed by atoms with Crippen molar-refractivity contribution in [3.63, 3.8) is 0 Å². The van der Waals surface area contributed by atoms with Crippen LogP contribution in [0.4, 0.5) is 16.2 Å². The highest BCUT2D eigenvalue weighted by Crippen LogP contribution is 2.29. The van der Waals surface area contributed by atoms with Crippen molar-refractivity contribution in [1.82, 2.24) is 0 Å². The number of nitrogens with zero attached hydrogens (tertiary/aromatic N) is 1. The first-order chi connectivity index (χ1) is 25.5.